The summed E-state index contributed by atoms with van der Waals surface area (Å²) in [5.74, 6) is 0.380. The molecule has 0 spiro atoms. The molecule has 1 aromatic carbocycles. The Morgan fingerprint density at radius 2 is 2.05 bits per heavy atom. The smallest absolute Gasteiger partial charge is 0.461 e. The average Bonchev–Trinajstić information content (AvgIpc) is 3.13. The second-order valence-corrected chi connectivity index (χ2v) is 10.6. The molecule has 40 heavy (non-hydrogen) atoms. The standard InChI is InChI=1S/C24H29ClFN4O9P/c1-14(2)36-21(32)15(3)38-40(34,39-16-8-6-5-7-9-16)35-13-18-19(31)24(27,10-11-25)22(37-18)30-12-17(26)20(28-4)29-23(30)33/h5-9,12,14-15,18-19,22,31H,13,27H2,1-4H3,(H,28,29,33)/t15-,18+,19?,22+,24+,40?/m0/s1. The van der Waals surface area contributed by atoms with Crippen molar-refractivity contribution in [2.24, 2.45) is 5.73 Å². The van der Waals surface area contributed by atoms with Gasteiger partial charge in [-0.05, 0) is 44.5 Å². The van der Waals surface area contributed by atoms with Gasteiger partial charge in [0.05, 0.1) is 18.9 Å². The summed E-state index contributed by atoms with van der Waals surface area (Å²) in [6.07, 6.45) is -5.81. The highest BCUT2D eigenvalue weighted by molar-refractivity contribution is 7.49. The number of ether oxygens (including phenoxy) is 2. The molecule has 2 heterocycles. The Hall–Kier alpha value is -3.02. The van der Waals surface area contributed by atoms with Crippen LogP contribution < -0.4 is 21.3 Å². The molecule has 16 heteroatoms. The zero-order valence-electron chi connectivity index (χ0n) is 21.9. The third kappa shape index (κ3) is 7.18. The predicted octanol–water partition coefficient (Wildman–Crippen LogP) is 2.14. The number of aliphatic hydroxyl groups excluding tert-OH is 1. The van der Waals surface area contributed by atoms with Gasteiger partial charge in [-0.2, -0.15) is 4.98 Å². The van der Waals surface area contributed by atoms with Crippen molar-refractivity contribution < 1.29 is 41.9 Å². The maximum atomic E-state index is 14.5. The second-order valence-electron chi connectivity index (χ2n) is 8.88. The molecule has 0 bridgehead atoms. The number of carbonyl (C=O) groups excluding carboxylic acids is 1. The molecule has 218 valence electrons. The van der Waals surface area contributed by atoms with Crippen molar-refractivity contribution in [1.82, 2.24) is 9.55 Å². The minimum atomic E-state index is -4.59. The van der Waals surface area contributed by atoms with Gasteiger partial charge < -0.3 is 30.2 Å². The number of aromatic nitrogens is 2. The molecule has 1 saturated heterocycles. The Morgan fingerprint density at radius 3 is 2.65 bits per heavy atom. The van der Waals surface area contributed by atoms with Gasteiger partial charge in [0, 0.05) is 12.4 Å². The molecule has 1 aromatic heterocycles. The molecule has 0 saturated carbocycles. The zero-order valence-corrected chi connectivity index (χ0v) is 23.6. The van der Waals surface area contributed by atoms with Crippen LogP contribution in [0.5, 0.6) is 5.75 Å². The van der Waals surface area contributed by atoms with Gasteiger partial charge in [0.25, 0.3) is 0 Å². The van der Waals surface area contributed by atoms with Crippen LogP contribution >= 0.6 is 19.4 Å². The van der Waals surface area contributed by atoms with E-state index in [1.165, 1.54) is 26.1 Å². The number of nitrogens with zero attached hydrogens (tertiary/aromatic N) is 2. The van der Waals surface area contributed by atoms with Crippen molar-refractivity contribution in [1.29, 1.82) is 0 Å². The van der Waals surface area contributed by atoms with Crippen LogP contribution in [0.15, 0.2) is 41.3 Å². The topological polar surface area (TPSA) is 173 Å². The van der Waals surface area contributed by atoms with Gasteiger partial charge in [-0.1, -0.05) is 24.1 Å². The van der Waals surface area contributed by atoms with Gasteiger partial charge in [-0.3, -0.25) is 13.6 Å². The fourth-order valence-electron chi connectivity index (χ4n) is 3.66. The summed E-state index contributed by atoms with van der Waals surface area (Å²) in [5.41, 5.74) is 3.25. The summed E-state index contributed by atoms with van der Waals surface area (Å²) in [4.78, 5) is 28.5. The average molecular weight is 603 g/mol. The number of nitrogens with two attached hydrogens (primary N) is 1. The summed E-state index contributed by atoms with van der Waals surface area (Å²) in [6, 6.07) is 7.83. The lowest BCUT2D eigenvalue weighted by Gasteiger charge is -2.27. The maximum absolute atomic E-state index is 14.5. The molecule has 0 aliphatic carbocycles. The quantitative estimate of drug-likeness (QED) is 0.194. The number of hydrogen-bond acceptors (Lipinski definition) is 12. The number of hydrogen-bond donors (Lipinski definition) is 3. The molecule has 1 aliphatic rings. The summed E-state index contributed by atoms with van der Waals surface area (Å²) in [5, 5.41) is 15.5. The van der Waals surface area contributed by atoms with Crippen LogP contribution in [0, 0.1) is 17.1 Å². The third-order valence-electron chi connectivity index (χ3n) is 5.54. The van der Waals surface area contributed by atoms with Gasteiger partial charge in [-0.25, -0.2) is 18.5 Å². The number of phosphoric ester groups is 1. The number of anilines is 1. The van der Waals surface area contributed by atoms with Crippen LogP contribution in [0.4, 0.5) is 10.2 Å². The number of esters is 1. The highest BCUT2D eigenvalue weighted by Gasteiger charge is 2.55. The summed E-state index contributed by atoms with van der Waals surface area (Å²) in [7, 11) is -3.23. The maximum Gasteiger partial charge on any atom is 0.530 e. The van der Waals surface area contributed by atoms with E-state index < -0.39 is 68.1 Å². The van der Waals surface area contributed by atoms with Crippen molar-refractivity contribution in [3.63, 3.8) is 0 Å². The van der Waals surface area contributed by atoms with E-state index in [1.54, 1.807) is 32.0 Å². The number of nitrogens with one attached hydrogen (secondary N) is 1. The minimum absolute atomic E-state index is 0.0833. The van der Waals surface area contributed by atoms with Crippen molar-refractivity contribution in [3.05, 3.63) is 52.8 Å². The van der Waals surface area contributed by atoms with Crippen LogP contribution in [-0.2, 0) is 27.9 Å². The monoisotopic (exact) mass is 602 g/mol. The first kappa shape index (κ1) is 31.5. The van der Waals surface area contributed by atoms with E-state index in [0.29, 0.717) is 4.57 Å². The minimum Gasteiger partial charge on any atom is -0.461 e. The molecule has 2 unspecified atom stereocenters. The van der Waals surface area contributed by atoms with Crippen LogP contribution in [-0.4, -0.2) is 64.2 Å². The van der Waals surface area contributed by atoms with Crippen molar-refractivity contribution >= 4 is 31.2 Å². The number of halogens is 2. The zero-order chi connectivity index (χ0) is 29.7. The number of para-hydroxylation sites is 1. The normalized spacial score (nSPS) is 24.5. The van der Waals surface area contributed by atoms with Gasteiger partial charge in [0.1, 0.15) is 18.0 Å². The first-order valence-electron chi connectivity index (χ1n) is 11.9. The number of rotatable bonds is 11. The van der Waals surface area contributed by atoms with Gasteiger partial charge in [0.15, 0.2) is 29.5 Å². The van der Waals surface area contributed by atoms with Crippen LogP contribution in [0.1, 0.15) is 27.0 Å². The number of benzene rings is 1. The lowest BCUT2D eigenvalue weighted by atomic mass is 9.92. The summed E-state index contributed by atoms with van der Waals surface area (Å²) < 4.78 is 55.9. The van der Waals surface area contributed by atoms with E-state index in [0.717, 1.165) is 6.20 Å². The van der Waals surface area contributed by atoms with E-state index in [2.05, 4.69) is 16.2 Å². The Balaban J connectivity index is 1.89. The lowest BCUT2D eigenvalue weighted by molar-refractivity contribution is -0.156. The third-order valence-corrected chi connectivity index (χ3v) is 7.11. The number of aliphatic hydroxyl groups is 1. The lowest BCUT2D eigenvalue weighted by Crippen LogP contribution is -2.55. The van der Waals surface area contributed by atoms with Gasteiger partial charge in [-0.15, -0.1) is 0 Å². The second kappa shape index (κ2) is 13.1. The Labute approximate surface area is 234 Å². The van der Waals surface area contributed by atoms with Crippen molar-refractivity contribution in [2.45, 2.75) is 57.0 Å². The van der Waals surface area contributed by atoms with Crippen LogP contribution in [0.25, 0.3) is 0 Å². The summed E-state index contributed by atoms with van der Waals surface area (Å²) >= 11 is 5.56. The van der Waals surface area contributed by atoms with E-state index in [4.69, 9.17) is 40.4 Å². The number of carbonyl (C=O) groups is 1. The fraction of sp³-hybridized carbons (Fsp3) is 0.458. The van der Waals surface area contributed by atoms with Crippen LogP contribution in [0.2, 0.25) is 0 Å². The SMILES string of the molecule is CNc1nc(=O)n([C@@H]2O[C@H](COP(=O)(Oc3ccccc3)O[C@@H](C)C(=O)OC(C)C)C(O)[C@]2(N)C#CCl)cc1F. The van der Waals surface area contributed by atoms with Gasteiger partial charge >= 0.3 is 19.5 Å². The first-order valence-corrected chi connectivity index (χ1v) is 13.8. The molecule has 2 aromatic rings. The Bertz CT molecular complexity index is 1370. The molecule has 0 radical (unpaired) electrons. The van der Waals surface area contributed by atoms with E-state index in [-0.39, 0.29) is 11.6 Å². The Kier molecular flexibility index (Phi) is 10.3. The number of phosphoric acid groups is 1. The first-order chi connectivity index (χ1) is 18.8. The molecular weight excluding hydrogens is 574 g/mol. The van der Waals surface area contributed by atoms with Gasteiger partial charge in [0.2, 0.25) is 0 Å². The fourth-order valence-corrected chi connectivity index (χ4v) is 5.16. The molecular formula is C24H29ClFN4O9P. The van der Waals surface area contributed by atoms with E-state index in [9.17, 15) is 23.7 Å². The summed E-state index contributed by atoms with van der Waals surface area (Å²) in [6.45, 7) is 3.84. The van der Waals surface area contributed by atoms with Crippen LogP contribution in [0.3, 0.4) is 0 Å². The van der Waals surface area contributed by atoms with E-state index >= 15 is 0 Å². The van der Waals surface area contributed by atoms with Crippen molar-refractivity contribution in [2.75, 3.05) is 19.0 Å². The highest BCUT2D eigenvalue weighted by atomic mass is 35.5. The molecule has 4 N–H and O–H groups in total. The van der Waals surface area contributed by atoms with Crippen molar-refractivity contribution in [3.8, 4) is 17.0 Å². The molecule has 1 aliphatic heterocycles. The molecule has 3 rings (SSSR count). The molecule has 1 fully saturated rings. The highest BCUT2D eigenvalue weighted by Crippen LogP contribution is 2.51. The molecule has 0 amide bonds. The largest absolute Gasteiger partial charge is 0.530 e. The van der Waals surface area contributed by atoms with E-state index in [1.807, 2.05) is 5.38 Å². The molecule has 6 atom stereocenters. The Morgan fingerprint density at radius 1 is 1.38 bits per heavy atom. The predicted molar refractivity (Wildman–Crippen MR) is 141 cm³/mol. The molecule has 13 nitrogen and oxygen atoms in total.